The van der Waals surface area contributed by atoms with Gasteiger partial charge in [-0.25, -0.2) is 4.98 Å². The lowest BCUT2D eigenvalue weighted by Crippen LogP contribution is -2.28. The number of rotatable bonds is 7. The molecule has 2 heterocycles. The average Bonchev–Trinajstić information content (AvgIpc) is 3.18. The monoisotopic (exact) mass is 396 g/mol. The minimum Gasteiger partial charge on any atom is -0.350 e. The van der Waals surface area contributed by atoms with Crippen molar-refractivity contribution >= 4 is 17.2 Å². The molecule has 0 saturated carbocycles. The van der Waals surface area contributed by atoms with Gasteiger partial charge in [0.05, 0.1) is 10.7 Å². The molecule has 28 heavy (non-hydrogen) atoms. The Morgan fingerprint density at radius 3 is 2.54 bits per heavy atom. The minimum atomic E-state index is 0.0162. The van der Waals surface area contributed by atoms with E-state index < -0.39 is 0 Å². The average molecular weight is 397 g/mol. The molecule has 148 valence electrons. The van der Waals surface area contributed by atoms with Crippen LogP contribution in [0.25, 0.3) is 11.3 Å². The van der Waals surface area contributed by atoms with Crippen LogP contribution in [0.3, 0.4) is 0 Å². The molecule has 0 saturated heterocycles. The van der Waals surface area contributed by atoms with Crippen molar-refractivity contribution in [3.63, 3.8) is 0 Å². The molecule has 2 aromatic heterocycles. The van der Waals surface area contributed by atoms with Gasteiger partial charge in [0, 0.05) is 35.4 Å². The Kier molecular flexibility index (Phi) is 6.31. The third-order valence-corrected chi connectivity index (χ3v) is 5.62. The molecule has 0 spiro atoms. The van der Waals surface area contributed by atoms with E-state index in [1.807, 2.05) is 40.1 Å². The molecule has 3 rings (SSSR count). The highest BCUT2D eigenvalue weighted by Crippen LogP contribution is 2.27. The second-order valence-electron chi connectivity index (χ2n) is 7.41. The molecular weight excluding hydrogens is 368 g/mol. The SMILES string of the molecule is Cc1nc(-c2cc(C)n(CC(=O)NCc3ccccc3CN(C)C)c2C)cs1. The van der Waals surface area contributed by atoms with Crippen LogP contribution in [-0.4, -0.2) is 34.5 Å². The van der Waals surface area contributed by atoms with Gasteiger partial charge in [-0.2, -0.15) is 0 Å². The fourth-order valence-electron chi connectivity index (χ4n) is 3.41. The fraction of sp³-hybridized carbons (Fsp3) is 0.364. The molecule has 5 nitrogen and oxygen atoms in total. The first kappa shape index (κ1) is 20.3. The Bertz CT molecular complexity index is 971. The van der Waals surface area contributed by atoms with Gasteiger partial charge in [0.2, 0.25) is 5.91 Å². The number of hydrogen-bond acceptors (Lipinski definition) is 4. The number of carbonyl (C=O) groups excluding carboxylic acids is 1. The summed E-state index contributed by atoms with van der Waals surface area (Å²) in [5, 5.41) is 6.20. The predicted molar refractivity (Wildman–Crippen MR) is 115 cm³/mol. The number of benzene rings is 1. The van der Waals surface area contributed by atoms with Crippen LogP contribution < -0.4 is 5.32 Å². The van der Waals surface area contributed by atoms with Gasteiger partial charge in [-0.1, -0.05) is 24.3 Å². The third-order valence-electron chi connectivity index (χ3n) is 4.85. The summed E-state index contributed by atoms with van der Waals surface area (Å²) in [6, 6.07) is 10.4. The van der Waals surface area contributed by atoms with Crippen molar-refractivity contribution in [1.82, 2.24) is 19.8 Å². The smallest absolute Gasteiger partial charge is 0.240 e. The maximum absolute atomic E-state index is 12.6. The lowest BCUT2D eigenvalue weighted by molar-refractivity contribution is -0.121. The van der Waals surface area contributed by atoms with Gasteiger partial charge in [-0.15, -0.1) is 11.3 Å². The minimum absolute atomic E-state index is 0.0162. The summed E-state index contributed by atoms with van der Waals surface area (Å²) in [5.74, 6) is 0.0162. The van der Waals surface area contributed by atoms with Gasteiger partial charge < -0.3 is 14.8 Å². The molecule has 1 amide bonds. The first-order chi connectivity index (χ1) is 13.3. The zero-order valence-electron chi connectivity index (χ0n) is 17.2. The molecular formula is C22H28N4OS. The van der Waals surface area contributed by atoms with E-state index in [-0.39, 0.29) is 5.91 Å². The zero-order chi connectivity index (χ0) is 20.3. The highest BCUT2D eigenvalue weighted by Gasteiger charge is 2.15. The van der Waals surface area contributed by atoms with E-state index in [0.717, 1.165) is 39.8 Å². The van der Waals surface area contributed by atoms with E-state index in [1.54, 1.807) is 11.3 Å². The second kappa shape index (κ2) is 8.71. The molecule has 3 aromatic rings. The van der Waals surface area contributed by atoms with Gasteiger partial charge >= 0.3 is 0 Å². The van der Waals surface area contributed by atoms with E-state index >= 15 is 0 Å². The number of carbonyl (C=O) groups is 1. The van der Waals surface area contributed by atoms with Crippen LogP contribution in [0, 0.1) is 20.8 Å². The van der Waals surface area contributed by atoms with Crippen molar-refractivity contribution in [2.45, 2.75) is 40.4 Å². The zero-order valence-corrected chi connectivity index (χ0v) is 18.1. The first-order valence-corrected chi connectivity index (χ1v) is 10.3. The van der Waals surface area contributed by atoms with Crippen molar-refractivity contribution in [3.8, 4) is 11.3 Å². The van der Waals surface area contributed by atoms with Gasteiger partial charge in [0.25, 0.3) is 0 Å². The summed E-state index contributed by atoms with van der Waals surface area (Å²) in [4.78, 5) is 19.3. The molecule has 0 fully saturated rings. The van der Waals surface area contributed by atoms with E-state index in [9.17, 15) is 4.79 Å². The summed E-state index contributed by atoms with van der Waals surface area (Å²) in [5.41, 5.74) is 6.63. The number of amides is 1. The van der Waals surface area contributed by atoms with Gasteiger partial charge in [-0.05, 0) is 52.1 Å². The maximum atomic E-state index is 12.6. The predicted octanol–water partition coefficient (Wildman–Crippen LogP) is 3.91. The van der Waals surface area contributed by atoms with Crippen molar-refractivity contribution < 1.29 is 4.79 Å². The summed E-state index contributed by atoms with van der Waals surface area (Å²) in [7, 11) is 4.10. The van der Waals surface area contributed by atoms with Crippen molar-refractivity contribution in [2.75, 3.05) is 14.1 Å². The first-order valence-electron chi connectivity index (χ1n) is 9.42. The molecule has 0 aliphatic heterocycles. The largest absolute Gasteiger partial charge is 0.350 e. The molecule has 6 heteroatoms. The molecule has 0 radical (unpaired) electrons. The van der Waals surface area contributed by atoms with Gasteiger partial charge in [-0.3, -0.25) is 4.79 Å². The molecule has 0 aliphatic rings. The van der Waals surface area contributed by atoms with E-state index in [4.69, 9.17) is 0 Å². The van der Waals surface area contributed by atoms with Crippen molar-refractivity contribution in [2.24, 2.45) is 0 Å². The molecule has 0 bridgehead atoms. The summed E-state index contributed by atoms with van der Waals surface area (Å²) >= 11 is 1.65. The van der Waals surface area contributed by atoms with Gasteiger partial charge in [0.15, 0.2) is 0 Å². The normalized spacial score (nSPS) is 11.2. The standard InChI is InChI=1S/C22H28N4OS/c1-15-10-20(21-14-28-17(3)24-21)16(2)26(15)13-22(27)23-11-18-8-6-7-9-19(18)12-25(4)5/h6-10,14H,11-13H2,1-5H3,(H,23,27). The van der Waals surface area contributed by atoms with Crippen LogP contribution in [0.5, 0.6) is 0 Å². The Balaban J connectivity index is 1.69. The molecule has 0 unspecified atom stereocenters. The summed E-state index contributed by atoms with van der Waals surface area (Å²) < 4.78 is 2.06. The Hall–Kier alpha value is -2.44. The Morgan fingerprint density at radius 2 is 1.89 bits per heavy atom. The lowest BCUT2D eigenvalue weighted by atomic mass is 10.1. The van der Waals surface area contributed by atoms with E-state index in [1.165, 1.54) is 5.56 Å². The number of hydrogen-bond donors (Lipinski definition) is 1. The van der Waals surface area contributed by atoms with Crippen molar-refractivity contribution in [1.29, 1.82) is 0 Å². The number of nitrogens with zero attached hydrogens (tertiary/aromatic N) is 3. The number of aryl methyl sites for hydroxylation is 2. The highest BCUT2D eigenvalue weighted by molar-refractivity contribution is 7.09. The van der Waals surface area contributed by atoms with Crippen LogP contribution in [0.4, 0.5) is 0 Å². The van der Waals surface area contributed by atoms with Crippen LogP contribution in [-0.2, 0) is 24.4 Å². The Morgan fingerprint density at radius 1 is 1.18 bits per heavy atom. The second-order valence-corrected chi connectivity index (χ2v) is 8.47. The van der Waals surface area contributed by atoms with Gasteiger partial charge in [0.1, 0.15) is 6.54 Å². The number of thiazole rings is 1. The number of nitrogens with one attached hydrogen (secondary N) is 1. The molecule has 0 aliphatic carbocycles. The molecule has 0 atom stereocenters. The maximum Gasteiger partial charge on any atom is 0.240 e. The highest BCUT2D eigenvalue weighted by atomic mass is 32.1. The van der Waals surface area contributed by atoms with Crippen LogP contribution in [0.15, 0.2) is 35.7 Å². The van der Waals surface area contributed by atoms with Crippen LogP contribution in [0.1, 0.15) is 27.5 Å². The van der Waals surface area contributed by atoms with Crippen LogP contribution in [0.2, 0.25) is 0 Å². The van der Waals surface area contributed by atoms with E-state index in [0.29, 0.717) is 13.1 Å². The van der Waals surface area contributed by atoms with E-state index in [2.05, 4.69) is 50.3 Å². The molecule has 1 aromatic carbocycles. The fourth-order valence-corrected chi connectivity index (χ4v) is 4.02. The topological polar surface area (TPSA) is 50.2 Å². The van der Waals surface area contributed by atoms with Crippen molar-refractivity contribution in [3.05, 3.63) is 63.2 Å². The lowest BCUT2D eigenvalue weighted by Gasteiger charge is -2.15. The molecule has 1 N–H and O–H groups in total. The quantitative estimate of drug-likeness (QED) is 0.659. The van der Waals surface area contributed by atoms with Crippen LogP contribution >= 0.6 is 11.3 Å². The third kappa shape index (κ3) is 4.69. The Labute approximate surface area is 171 Å². The summed E-state index contributed by atoms with van der Waals surface area (Å²) in [6.45, 7) is 7.82. The number of aromatic nitrogens is 2. The summed E-state index contributed by atoms with van der Waals surface area (Å²) in [6.07, 6.45) is 0.